The van der Waals surface area contributed by atoms with Crippen molar-refractivity contribution < 1.29 is 0 Å². The minimum atomic E-state index is -0.525. The number of hydrogen-bond acceptors (Lipinski definition) is 0. The summed E-state index contributed by atoms with van der Waals surface area (Å²) in [5.74, 6) is 0. The molecule has 0 saturated carbocycles. The highest BCUT2D eigenvalue weighted by atomic mass is 29.8. The van der Waals surface area contributed by atoms with Gasteiger partial charge in [-0.25, -0.2) is 0 Å². The van der Waals surface area contributed by atoms with E-state index >= 15 is 0 Å². The lowest BCUT2D eigenvalue weighted by molar-refractivity contribution is 1.84. The third-order valence-corrected chi connectivity index (χ3v) is 51.9. The number of hydrogen-bond donors (Lipinski definition) is 0. The van der Waals surface area contributed by atoms with E-state index in [0.29, 0.717) is 8.55 Å². The molecule has 0 aromatic carbocycles. The van der Waals surface area contributed by atoms with Gasteiger partial charge < -0.3 is 0 Å². The van der Waals surface area contributed by atoms with E-state index in [4.69, 9.17) is 0 Å². The quantitative estimate of drug-likeness (QED) is 0.486. The van der Waals surface area contributed by atoms with E-state index in [9.17, 15) is 0 Å². The summed E-state index contributed by atoms with van der Waals surface area (Å²) >= 11 is 0. The van der Waals surface area contributed by atoms with Gasteiger partial charge in [-0.1, -0.05) is 26.2 Å². The van der Waals surface area contributed by atoms with Gasteiger partial charge in [-0.3, -0.25) is 0 Å². The third-order valence-electron chi connectivity index (χ3n) is 2.09. The third kappa shape index (κ3) is 3.01. The molecule has 1 atom stereocenters. The summed E-state index contributed by atoms with van der Waals surface area (Å²) in [6.45, 7) is 10.3. The van der Waals surface area contributed by atoms with Gasteiger partial charge in [0.05, 0.1) is 0 Å². The monoisotopic (exact) mass is 178 g/mol. The predicted octanol–water partition coefficient (Wildman–Crippen LogP) is -0.794. The molecular weight excluding hydrogens is 160 g/mol. The van der Waals surface area contributed by atoms with Gasteiger partial charge >= 0.3 is 0 Å². The smallest absolute Gasteiger partial charge is 0.0311 e. The van der Waals surface area contributed by atoms with Crippen molar-refractivity contribution in [1.29, 1.82) is 0 Å². The molecular formula is C4H18Si4. The van der Waals surface area contributed by atoms with Gasteiger partial charge in [-0.15, -0.1) is 0 Å². The van der Waals surface area contributed by atoms with Crippen LogP contribution in [0.3, 0.4) is 0 Å². The highest BCUT2D eigenvalue weighted by molar-refractivity contribution is 7.58. The summed E-state index contributed by atoms with van der Waals surface area (Å²) in [4.78, 5) is 0. The maximum atomic E-state index is 2.60. The molecule has 0 nitrogen and oxygen atoms in total. The molecule has 0 aliphatic rings. The molecule has 0 amide bonds. The fraction of sp³-hybridized carbons (Fsp3) is 1.00. The lowest BCUT2D eigenvalue weighted by Gasteiger charge is -2.21. The first-order valence-electron chi connectivity index (χ1n) is 3.48. The van der Waals surface area contributed by atoms with Crippen LogP contribution in [0.2, 0.25) is 26.2 Å². The van der Waals surface area contributed by atoms with E-state index < -0.39 is 7.59 Å². The van der Waals surface area contributed by atoms with Crippen LogP contribution in [0.25, 0.3) is 0 Å². The van der Waals surface area contributed by atoms with Crippen molar-refractivity contribution in [2.45, 2.75) is 26.2 Å². The Bertz CT molecular complexity index is 64.9. The minimum absolute atomic E-state index is 0.0301. The van der Waals surface area contributed by atoms with Gasteiger partial charge in [0.15, 0.2) is 0 Å². The molecule has 0 saturated heterocycles. The van der Waals surface area contributed by atoms with E-state index in [1.165, 1.54) is 0 Å². The Morgan fingerprint density at radius 2 is 1.75 bits per heavy atom. The lowest BCUT2D eigenvalue weighted by Crippen LogP contribution is -2.45. The Morgan fingerprint density at radius 3 is 1.75 bits per heavy atom. The average molecular weight is 179 g/mol. The molecule has 0 aromatic rings. The van der Waals surface area contributed by atoms with Gasteiger partial charge in [-0.05, 0) is 18.3 Å². The second-order valence-electron chi connectivity index (χ2n) is 3.68. The van der Waals surface area contributed by atoms with Crippen molar-refractivity contribution in [3.8, 4) is 0 Å². The van der Waals surface area contributed by atoms with Gasteiger partial charge in [0.2, 0.25) is 0 Å². The summed E-state index contributed by atoms with van der Waals surface area (Å²) in [5, 5.41) is 0. The van der Waals surface area contributed by atoms with Crippen molar-refractivity contribution in [3.05, 3.63) is 0 Å². The zero-order valence-electron chi connectivity index (χ0n) is 6.78. The van der Waals surface area contributed by atoms with Crippen LogP contribution in [0.15, 0.2) is 0 Å². The van der Waals surface area contributed by atoms with Gasteiger partial charge in [-0.2, -0.15) is 0 Å². The molecule has 50 valence electrons. The summed E-state index contributed by atoms with van der Waals surface area (Å²) in [6.07, 6.45) is 0. The Kier molecular flexibility index (Phi) is 3.48. The van der Waals surface area contributed by atoms with Crippen LogP contribution in [-0.2, 0) is 0 Å². The Morgan fingerprint density at radius 1 is 1.38 bits per heavy atom. The van der Waals surface area contributed by atoms with Crippen LogP contribution in [-0.4, -0.2) is 33.7 Å². The first-order chi connectivity index (χ1) is 3.48. The van der Waals surface area contributed by atoms with E-state index in [-0.39, 0.29) is 7.83 Å². The molecule has 0 rings (SSSR count). The van der Waals surface area contributed by atoms with Crippen molar-refractivity contribution in [1.82, 2.24) is 0 Å². The van der Waals surface area contributed by atoms with Crippen LogP contribution in [0.4, 0.5) is 0 Å². The SMILES string of the molecule is C[SiH]([SiH2][SiH3])[Si](C)(C)C. The standard InChI is InChI=1S/C4H18Si4/c1-7(6-5)8(2,3)4/h7H,6H2,1-5H3. The Labute approximate surface area is 60.3 Å². The fourth-order valence-corrected chi connectivity index (χ4v) is 49.6. The van der Waals surface area contributed by atoms with Crippen LogP contribution >= 0.6 is 0 Å². The van der Waals surface area contributed by atoms with Crippen LogP contribution in [0.5, 0.6) is 0 Å². The molecule has 0 aliphatic carbocycles. The maximum Gasteiger partial charge on any atom is 0.0311 e. The van der Waals surface area contributed by atoms with Gasteiger partial charge in [0, 0.05) is 15.4 Å². The molecule has 8 heavy (non-hydrogen) atoms. The minimum Gasteiger partial charge on any atom is -0.0763 e. The second-order valence-corrected chi connectivity index (χ2v) is 35.1. The van der Waals surface area contributed by atoms with Crippen molar-refractivity contribution in [3.63, 3.8) is 0 Å². The molecule has 4 heteroatoms. The molecule has 0 radical (unpaired) electrons. The van der Waals surface area contributed by atoms with Crippen LogP contribution in [0, 0.1) is 0 Å². The van der Waals surface area contributed by atoms with Crippen molar-refractivity contribution >= 4 is 33.7 Å². The van der Waals surface area contributed by atoms with E-state index in [1.54, 1.807) is 9.76 Å². The van der Waals surface area contributed by atoms with Gasteiger partial charge in [0.25, 0.3) is 0 Å². The van der Waals surface area contributed by atoms with Gasteiger partial charge in [0.1, 0.15) is 0 Å². The fourth-order valence-electron chi connectivity index (χ4n) is 0.612. The molecule has 0 heterocycles. The van der Waals surface area contributed by atoms with Crippen molar-refractivity contribution in [2.75, 3.05) is 0 Å². The zero-order chi connectivity index (χ0) is 6.78. The molecule has 0 aromatic heterocycles. The lowest BCUT2D eigenvalue weighted by atomic mass is 11.8. The van der Waals surface area contributed by atoms with E-state index in [0.717, 1.165) is 0 Å². The topological polar surface area (TPSA) is 0 Å². The van der Waals surface area contributed by atoms with E-state index in [2.05, 4.69) is 26.2 Å². The summed E-state index contributed by atoms with van der Waals surface area (Å²) in [5.41, 5.74) is 0. The van der Waals surface area contributed by atoms with Crippen LogP contribution < -0.4 is 0 Å². The Balaban J connectivity index is 3.62. The molecule has 1 unspecified atom stereocenters. The first-order valence-corrected chi connectivity index (χ1v) is 18.9. The normalized spacial score (nSPS) is 18.0. The summed E-state index contributed by atoms with van der Waals surface area (Å²) < 4.78 is 0. The first kappa shape index (κ1) is 8.87. The average Bonchev–Trinajstić information content (AvgIpc) is 1.62. The highest BCUT2D eigenvalue weighted by Crippen LogP contribution is 2.03. The molecule has 0 spiro atoms. The summed E-state index contributed by atoms with van der Waals surface area (Å²) in [7, 11) is 1.61. The number of rotatable bonds is 2. The second kappa shape index (κ2) is 3.14. The molecule has 0 N–H and O–H groups in total. The van der Waals surface area contributed by atoms with Crippen LogP contribution in [0.1, 0.15) is 0 Å². The molecule has 0 fully saturated rings. The zero-order valence-corrected chi connectivity index (χ0v) is 12.4. The van der Waals surface area contributed by atoms with Crippen molar-refractivity contribution in [2.24, 2.45) is 0 Å². The molecule has 0 aliphatic heterocycles. The maximum absolute atomic E-state index is 2.60. The predicted molar refractivity (Wildman–Crippen MR) is 54.8 cm³/mol. The Hall–Kier alpha value is 0.868. The molecule has 0 bridgehead atoms. The van der Waals surface area contributed by atoms with E-state index in [1.807, 2.05) is 0 Å². The highest BCUT2D eigenvalue weighted by Gasteiger charge is 2.20. The largest absolute Gasteiger partial charge is 0.0763 e. The summed E-state index contributed by atoms with van der Waals surface area (Å²) in [6, 6.07) is 0.